The molecule has 4 rings (SSSR count). The average molecular weight is 466 g/mol. The van der Waals surface area contributed by atoms with Crippen LogP contribution in [-0.4, -0.2) is 43.3 Å². The minimum atomic E-state index is -2.99. The fourth-order valence-electron chi connectivity index (χ4n) is 4.63. The molecule has 3 heterocycles. The molecule has 3 aliphatic rings. The van der Waals surface area contributed by atoms with E-state index in [9.17, 15) is 9.00 Å². The van der Waals surface area contributed by atoms with Crippen molar-refractivity contribution in [3.63, 3.8) is 0 Å². The first-order valence-corrected chi connectivity index (χ1v) is 12.4. The molecule has 32 heavy (non-hydrogen) atoms. The zero-order valence-electron chi connectivity index (χ0n) is 19.5. The van der Waals surface area contributed by atoms with E-state index in [4.69, 9.17) is 19.8 Å². The van der Waals surface area contributed by atoms with Gasteiger partial charge in [0.25, 0.3) is 0 Å². The van der Waals surface area contributed by atoms with Crippen molar-refractivity contribution in [1.82, 2.24) is 10.3 Å². The fraction of sp³-hybridized carbons (Fsp3) is 0.682. The summed E-state index contributed by atoms with van der Waals surface area (Å²) in [5.74, 6) is -0.293. The van der Waals surface area contributed by atoms with Crippen molar-refractivity contribution in [3.05, 3.63) is 23.6 Å². The van der Waals surface area contributed by atoms with E-state index in [1.807, 2.05) is 0 Å². The minimum absolute atomic E-state index is 0.00860. The van der Waals surface area contributed by atoms with Crippen LogP contribution in [0.25, 0.3) is 0 Å². The highest BCUT2D eigenvalue weighted by atomic mass is 32.2. The highest BCUT2D eigenvalue weighted by molar-refractivity contribution is 7.96. The highest BCUT2D eigenvalue weighted by Crippen LogP contribution is 2.58. The Kier molecular flexibility index (Phi) is 4.94. The standard InChI is InChI=1S/C22H32FN5O3S/c1-19(2,3)31-18(29)27-17-20(4,5)32(30)14(11-22(9-10-22)12-25-32)21(6,28-17)16-13(23)7-8-15(24)26-16/h7-8,14H,9-12H2,1-6H3,(H2,24,26)(H,27,28,29)/t14-,21-,32+/m0/s1. The van der Waals surface area contributed by atoms with Gasteiger partial charge in [-0.3, -0.25) is 10.3 Å². The first kappa shape index (κ1) is 22.9. The van der Waals surface area contributed by atoms with Crippen molar-refractivity contribution < 1.29 is 18.1 Å². The van der Waals surface area contributed by atoms with Crippen molar-refractivity contribution >= 4 is 27.5 Å². The van der Waals surface area contributed by atoms with Crippen molar-refractivity contribution in [1.29, 1.82) is 0 Å². The molecule has 176 valence electrons. The van der Waals surface area contributed by atoms with Gasteiger partial charge in [0.05, 0.1) is 21.5 Å². The molecule has 0 unspecified atom stereocenters. The summed E-state index contributed by atoms with van der Waals surface area (Å²) in [6.07, 6.45) is 1.88. The van der Waals surface area contributed by atoms with Gasteiger partial charge in [-0.2, -0.15) is 0 Å². The van der Waals surface area contributed by atoms with Crippen molar-refractivity contribution in [2.45, 2.75) is 81.9 Å². The molecule has 1 aromatic heterocycles. The molecule has 1 saturated carbocycles. The summed E-state index contributed by atoms with van der Waals surface area (Å²) < 4.78 is 38.7. The Morgan fingerprint density at radius 1 is 1.28 bits per heavy atom. The second-order valence-corrected chi connectivity index (χ2v) is 13.8. The number of amidine groups is 1. The lowest BCUT2D eigenvalue weighted by Gasteiger charge is -2.49. The molecule has 1 spiro atoms. The number of alkyl carbamates (subject to hydrolysis) is 1. The molecule has 1 amide bonds. The van der Waals surface area contributed by atoms with E-state index in [0.717, 1.165) is 12.8 Å². The minimum Gasteiger partial charge on any atom is -0.444 e. The maximum Gasteiger partial charge on any atom is 0.413 e. The molecule has 3 atom stereocenters. The predicted octanol–water partition coefficient (Wildman–Crippen LogP) is 3.75. The predicted molar refractivity (Wildman–Crippen MR) is 122 cm³/mol. The number of nitrogen functional groups attached to an aromatic ring is 1. The number of rotatable bonds is 1. The highest BCUT2D eigenvalue weighted by Gasteiger charge is 2.62. The number of nitrogens with zero attached hydrogens (tertiary/aromatic N) is 3. The van der Waals surface area contributed by atoms with Crippen molar-refractivity contribution in [2.24, 2.45) is 14.8 Å². The summed E-state index contributed by atoms with van der Waals surface area (Å²) in [4.78, 5) is 21.7. The van der Waals surface area contributed by atoms with E-state index in [-0.39, 0.29) is 22.8 Å². The summed E-state index contributed by atoms with van der Waals surface area (Å²) in [6, 6.07) is 2.62. The van der Waals surface area contributed by atoms with Crippen LogP contribution < -0.4 is 11.1 Å². The number of amides is 1. The van der Waals surface area contributed by atoms with Gasteiger partial charge in [0.15, 0.2) is 0 Å². The topological polar surface area (TPSA) is 119 Å². The first-order valence-electron chi connectivity index (χ1n) is 10.9. The number of ether oxygens (including phenoxy) is 1. The molecule has 0 radical (unpaired) electrons. The number of aliphatic imine (C=N–C) groups is 1. The Hall–Kier alpha value is -2.23. The number of pyridine rings is 1. The number of carbonyl (C=O) groups is 1. The Labute approximate surface area is 188 Å². The van der Waals surface area contributed by atoms with Gasteiger partial charge in [-0.05, 0) is 78.4 Å². The van der Waals surface area contributed by atoms with Gasteiger partial charge in [0, 0.05) is 0 Å². The lowest BCUT2D eigenvalue weighted by Crippen LogP contribution is -2.63. The van der Waals surface area contributed by atoms with E-state index in [0.29, 0.717) is 13.0 Å². The van der Waals surface area contributed by atoms with Crippen LogP contribution in [0.4, 0.5) is 15.0 Å². The number of nitrogens with two attached hydrogens (primary N) is 1. The third kappa shape index (κ3) is 3.56. The third-order valence-electron chi connectivity index (χ3n) is 6.79. The average Bonchev–Trinajstić information content (AvgIpc) is 3.42. The maximum absolute atomic E-state index is 15.1. The zero-order chi connectivity index (χ0) is 23.7. The lowest BCUT2D eigenvalue weighted by atomic mass is 9.85. The van der Waals surface area contributed by atoms with E-state index in [1.54, 1.807) is 41.5 Å². The number of nitrogens with one attached hydrogen (secondary N) is 1. The van der Waals surface area contributed by atoms with Gasteiger partial charge in [-0.25, -0.2) is 22.7 Å². The van der Waals surface area contributed by atoms with Crippen LogP contribution in [0, 0.1) is 11.2 Å². The number of carbonyl (C=O) groups excluding carboxylic acids is 1. The SMILES string of the molecule is CC(C)(C)OC(=O)NC1=N[C@](C)(c2nc(N)ccc2F)[C@@H]2CC3(CC3)CN=[S@]2(=O)C1(C)C. The second kappa shape index (κ2) is 6.88. The number of halogens is 1. The maximum atomic E-state index is 15.1. The fourth-order valence-corrected chi connectivity index (χ4v) is 8.05. The first-order chi connectivity index (χ1) is 14.6. The van der Waals surface area contributed by atoms with Crippen LogP contribution in [0.3, 0.4) is 0 Å². The number of aromatic nitrogens is 1. The normalized spacial score (nSPS) is 32.3. The molecule has 1 aromatic rings. The molecule has 2 aliphatic heterocycles. The van der Waals surface area contributed by atoms with Gasteiger partial charge in [0.1, 0.15) is 39.1 Å². The van der Waals surface area contributed by atoms with Crippen molar-refractivity contribution in [3.8, 4) is 0 Å². The van der Waals surface area contributed by atoms with Crippen LogP contribution >= 0.6 is 0 Å². The van der Waals surface area contributed by atoms with Crippen LogP contribution in [-0.2, 0) is 20.0 Å². The Morgan fingerprint density at radius 3 is 2.53 bits per heavy atom. The van der Waals surface area contributed by atoms with Crippen LogP contribution in [0.5, 0.6) is 0 Å². The second-order valence-electron chi connectivity index (χ2n) is 10.9. The monoisotopic (exact) mass is 465 g/mol. The molecular formula is C22H32FN5O3S. The summed E-state index contributed by atoms with van der Waals surface area (Å²) in [6.45, 7) is 11.0. The number of anilines is 1. The number of fused-ring (bicyclic) bond motifs is 1. The van der Waals surface area contributed by atoms with Gasteiger partial charge < -0.3 is 10.5 Å². The molecule has 0 saturated heterocycles. The smallest absolute Gasteiger partial charge is 0.413 e. The largest absolute Gasteiger partial charge is 0.444 e. The molecule has 8 nitrogen and oxygen atoms in total. The Morgan fingerprint density at radius 2 is 1.94 bits per heavy atom. The number of hydrogen-bond acceptors (Lipinski definition) is 7. The summed E-state index contributed by atoms with van der Waals surface area (Å²) in [5.41, 5.74) is 3.84. The molecule has 3 N–H and O–H groups in total. The summed E-state index contributed by atoms with van der Waals surface area (Å²) in [7, 11) is -2.99. The van der Waals surface area contributed by atoms with E-state index in [2.05, 4.69) is 10.3 Å². The lowest BCUT2D eigenvalue weighted by molar-refractivity contribution is 0.0560. The molecule has 0 aromatic carbocycles. The van der Waals surface area contributed by atoms with Crippen LogP contribution in [0.15, 0.2) is 21.5 Å². The van der Waals surface area contributed by atoms with Crippen molar-refractivity contribution in [2.75, 3.05) is 12.3 Å². The summed E-state index contributed by atoms with van der Waals surface area (Å²) in [5, 5.41) is 2.11. The number of hydrogen-bond donors (Lipinski definition) is 2. The third-order valence-corrected chi connectivity index (χ3v) is 10.4. The van der Waals surface area contributed by atoms with Gasteiger partial charge in [0.2, 0.25) is 0 Å². The Balaban J connectivity index is 1.90. The quantitative estimate of drug-likeness (QED) is 0.655. The molecular weight excluding hydrogens is 433 g/mol. The van der Waals surface area contributed by atoms with Gasteiger partial charge in [-0.15, -0.1) is 0 Å². The van der Waals surface area contributed by atoms with E-state index >= 15 is 4.39 Å². The summed E-state index contributed by atoms with van der Waals surface area (Å²) >= 11 is 0. The Bertz CT molecular complexity index is 1130. The van der Waals surface area contributed by atoms with E-state index < -0.39 is 42.8 Å². The van der Waals surface area contributed by atoms with Crippen LogP contribution in [0.1, 0.15) is 66.5 Å². The molecule has 1 aliphatic carbocycles. The zero-order valence-corrected chi connectivity index (χ0v) is 20.3. The molecule has 10 heteroatoms. The van der Waals surface area contributed by atoms with Crippen LogP contribution in [0.2, 0.25) is 0 Å². The van der Waals surface area contributed by atoms with E-state index in [1.165, 1.54) is 12.1 Å². The molecule has 0 bridgehead atoms. The molecule has 1 fully saturated rings. The van der Waals surface area contributed by atoms with Gasteiger partial charge in [-0.1, -0.05) is 0 Å². The van der Waals surface area contributed by atoms with Gasteiger partial charge >= 0.3 is 6.09 Å².